The summed E-state index contributed by atoms with van der Waals surface area (Å²) in [5, 5.41) is 6.62. The molecular weight excluding hydrogens is 262 g/mol. The quantitative estimate of drug-likeness (QED) is 0.882. The van der Waals surface area contributed by atoms with Gasteiger partial charge in [-0.1, -0.05) is 6.07 Å². The van der Waals surface area contributed by atoms with Crippen molar-refractivity contribution >= 4 is 23.0 Å². The van der Waals surface area contributed by atoms with Crippen molar-refractivity contribution in [2.75, 3.05) is 36.2 Å². The third kappa shape index (κ3) is 3.42. The number of hydrogen-bond donors (Lipinski definition) is 2. The summed E-state index contributed by atoms with van der Waals surface area (Å²) >= 11 is 0. The van der Waals surface area contributed by atoms with Crippen LogP contribution < -0.4 is 15.5 Å². The van der Waals surface area contributed by atoms with Crippen LogP contribution in [0.4, 0.5) is 23.0 Å². The summed E-state index contributed by atoms with van der Waals surface area (Å²) in [6.07, 6.45) is 1.58. The molecule has 0 amide bonds. The third-order valence-electron chi connectivity index (χ3n) is 3.38. The first-order valence-corrected chi connectivity index (χ1v) is 7.13. The van der Waals surface area contributed by atoms with Crippen LogP contribution in [0.5, 0.6) is 0 Å². The summed E-state index contributed by atoms with van der Waals surface area (Å²) in [5.74, 6) is 1.70. The van der Waals surface area contributed by atoms with Crippen LogP contribution in [0.2, 0.25) is 0 Å². The second kappa shape index (κ2) is 6.43. The van der Waals surface area contributed by atoms with Gasteiger partial charge in [-0.2, -0.15) is 0 Å². The third-order valence-corrected chi connectivity index (χ3v) is 3.38. The number of rotatable bonds is 5. The van der Waals surface area contributed by atoms with Gasteiger partial charge in [-0.3, -0.25) is 0 Å². The number of aromatic nitrogens is 2. The number of benzene rings is 1. The summed E-state index contributed by atoms with van der Waals surface area (Å²) in [5.41, 5.74) is 4.48. The molecule has 0 atom stereocenters. The number of nitrogens with zero attached hydrogens (tertiary/aromatic N) is 3. The molecule has 0 unspecified atom stereocenters. The van der Waals surface area contributed by atoms with Crippen molar-refractivity contribution in [3.8, 4) is 0 Å². The maximum Gasteiger partial charge on any atom is 0.138 e. The van der Waals surface area contributed by atoms with Crippen LogP contribution in [0.25, 0.3) is 0 Å². The Morgan fingerprint density at radius 2 is 1.81 bits per heavy atom. The standard InChI is InChI=1S/C16H23N5/c1-6-17-15-12(3)16(19-10-18-15)20-13-8-7-11(2)14(9-13)21(4)5/h7-10H,6H2,1-5H3,(H2,17,18,19,20). The average molecular weight is 285 g/mol. The Balaban J connectivity index is 2.30. The van der Waals surface area contributed by atoms with E-state index in [0.717, 1.165) is 29.4 Å². The molecule has 0 fully saturated rings. The van der Waals surface area contributed by atoms with E-state index in [0.29, 0.717) is 0 Å². The number of nitrogens with one attached hydrogen (secondary N) is 2. The molecule has 0 aliphatic carbocycles. The predicted molar refractivity (Wildman–Crippen MR) is 89.7 cm³/mol. The molecule has 5 heteroatoms. The first kappa shape index (κ1) is 15.1. The molecule has 0 spiro atoms. The van der Waals surface area contributed by atoms with E-state index in [9.17, 15) is 0 Å². The number of hydrogen-bond acceptors (Lipinski definition) is 5. The Kier molecular flexibility index (Phi) is 4.62. The van der Waals surface area contributed by atoms with Gasteiger partial charge in [0, 0.05) is 37.6 Å². The lowest BCUT2D eigenvalue weighted by Crippen LogP contribution is -2.11. The largest absolute Gasteiger partial charge is 0.377 e. The molecule has 0 radical (unpaired) electrons. The maximum absolute atomic E-state index is 4.34. The van der Waals surface area contributed by atoms with E-state index in [1.807, 2.05) is 21.0 Å². The molecule has 2 N–H and O–H groups in total. The van der Waals surface area contributed by atoms with Gasteiger partial charge in [0.05, 0.1) is 0 Å². The Morgan fingerprint density at radius 3 is 2.48 bits per heavy atom. The van der Waals surface area contributed by atoms with Gasteiger partial charge in [-0.25, -0.2) is 9.97 Å². The molecule has 2 rings (SSSR count). The van der Waals surface area contributed by atoms with Gasteiger partial charge in [-0.05, 0) is 38.5 Å². The number of anilines is 4. The molecule has 0 saturated heterocycles. The van der Waals surface area contributed by atoms with Crippen LogP contribution in [0.1, 0.15) is 18.1 Å². The Hall–Kier alpha value is -2.30. The van der Waals surface area contributed by atoms with Gasteiger partial charge in [0.25, 0.3) is 0 Å². The Bertz CT molecular complexity index is 622. The highest BCUT2D eigenvalue weighted by Gasteiger charge is 2.08. The van der Waals surface area contributed by atoms with Crippen LogP contribution in [0.15, 0.2) is 24.5 Å². The summed E-state index contributed by atoms with van der Waals surface area (Å²) in [6, 6.07) is 6.31. The minimum absolute atomic E-state index is 0.828. The lowest BCUT2D eigenvalue weighted by molar-refractivity contribution is 1.08. The molecule has 0 aliphatic heterocycles. The highest BCUT2D eigenvalue weighted by molar-refractivity contribution is 5.69. The Morgan fingerprint density at radius 1 is 1.10 bits per heavy atom. The molecule has 0 saturated carbocycles. The fourth-order valence-electron chi connectivity index (χ4n) is 2.23. The molecular formula is C16H23N5. The molecule has 0 bridgehead atoms. The molecule has 5 nitrogen and oxygen atoms in total. The smallest absolute Gasteiger partial charge is 0.138 e. The normalized spacial score (nSPS) is 10.3. The molecule has 0 aliphatic rings. The summed E-state index contributed by atoms with van der Waals surface area (Å²) in [6.45, 7) is 7.02. The van der Waals surface area contributed by atoms with Gasteiger partial charge in [0.15, 0.2) is 0 Å². The van der Waals surface area contributed by atoms with Crippen molar-refractivity contribution < 1.29 is 0 Å². The molecule has 1 heterocycles. The fourth-order valence-corrected chi connectivity index (χ4v) is 2.23. The second-order valence-corrected chi connectivity index (χ2v) is 5.25. The zero-order valence-corrected chi connectivity index (χ0v) is 13.4. The molecule has 21 heavy (non-hydrogen) atoms. The van der Waals surface area contributed by atoms with Crippen molar-refractivity contribution in [1.82, 2.24) is 9.97 Å². The fraction of sp³-hybridized carbons (Fsp3) is 0.375. The van der Waals surface area contributed by atoms with E-state index in [4.69, 9.17) is 0 Å². The summed E-state index contributed by atoms with van der Waals surface area (Å²) in [4.78, 5) is 10.7. The molecule has 1 aromatic heterocycles. The van der Waals surface area contributed by atoms with Gasteiger partial charge in [0.2, 0.25) is 0 Å². The van der Waals surface area contributed by atoms with Gasteiger partial charge in [-0.15, -0.1) is 0 Å². The van der Waals surface area contributed by atoms with E-state index in [1.165, 1.54) is 11.3 Å². The van der Waals surface area contributed by atoms with Crippen LogP contribution in [-0.4, -0.2) is 30.6 Å². The van der Waals surface area contributed by atoms with Crippen LogP contribution >= 0.6 is 0 Å². The van der Waals surface area contributed by atoms with Crippen molar-refractivity contribution in [3.63, 3.8) is 0 Å². The zero-order valence-electron chi connectivity index (χ0n) is 13.4. The van der Waals surface area contributed by atoms with E-state index >= 15 is 0 Å². The lowest BCUT2D eigenvalue weighted by Gasteiger charge is -2.18. The predicted octanol–water partition coefficient (Wildman–Crippen LogP) is 3.33. The minimum atomic E-state index is 0.828. The highest BCUT2D eigenvalue weighted by Crippen LogP contribution is 2.26. The summed E-state index contributed by atoms with van der Waals surface area (Å²) in [7, 11) is 4.09. The van der Waals surface area contributed by atoms with Crippen molar-refractivity contribution in [1.29, 1.82) is 0 Å². The van der Waals surface area contributed by atoms with E-state index in [1.54, 1.807) is 6.33 Å². The second-order valence-electron chi connectivity index (χ2n) is 5.25. The highest BCUT2D eigenvalue weighted by atomic mass is 15.1. The Labute approximate surface area is 126 Å². The summed E-state index contributed by atoms with van der Waals surface area (Å²) < 4.78 is 0. The lowest BCUT2D eigenvalue weighted by atomic mass is 10.1. The van der Waals surface area contributed by atoms with E-state index in [2.05, 4.69) is 57.5 Å². The van der Waals surface area contributed by atoms with Gasteiger partial charge >= 0.3 is 0 Å². The van der Waals surface area contributed by atoms with Crippen molar-refractivity contribution in [2.45, 2.75) is 20.8 Å². The SMILES string of the molecule is CCNc1ncnc(Nc2ccc(C)c(N(C)C)c2)c1C. The average Bonchev–Trinajstić information content (AvgIpc) is 2.45. The monoisotopic (exact) mass is 285 g/mol. The van der Waals surface area contributed by atoms with Gasteiger partial charge < -0.3 is 15.5 Å². The first-order chi connectivity index (χ1) is 10.0. The maximum atomic E-state index is 4.34. The zero-order chi connectivity index (χ0) is 15.4. The van der Waals surface area contributed by atoms with Crippen molar-refractivity contribution in [2.24, 2.45) is 0 Å². The first-order valence-electron chi connectivity index (χ1n) is 7.13. The van der Waals surface area contributed by atoms with Crippen LogP contribution in [0.3, 0.4) is 0 Å². The topological polar surface area (TPSA) is 53.1 Å². The van der Waals surface area contributed by atoms with Gasteiger partial charge in [0.1, 0.15) is 18.0 Å². The van der Waals surface area contributed by atoms with Crippen LogP contribution in [-0.2, 0) is 0 Å². The number of aryl methyl sites for hydroxylation is 1. The molecule has 1 aromatic carbocycles. The van der Waals surface area contributed by atoms with E-state index < -0.39 is 0 Å². The van der Waals surface area contributed by atoms with E-state index in [-0.39, 0.29) is 0 Å². The minimum Gasteiger partial charge on any atom is -0.377 e. The van der Waals surface area contributed by atoms with Crippen molar-refractivity contribution in [3.05, 3.63) is 35.7 Å². The van der Waals surface area contributed by atoms with Crippen LogP contribution in [0, 0.1) is 13.8 Å². The molecule has 112 valence electrons. The molecule has 2 aromatic rings.